The van der Waals surface area contributed by atoms with Crippen molar-refractivity contribution in [1.29, 1.82) is 10.5 Å². The molecule has 1 aromatic rings. The molecule has 0 bridgehead atoms. The van der Waals surface area contributed by atoms with Crippen LogP contribution in [0.5, 0.6) is 0 Å². The number of hydrogen-bond donors (Lipinski definition) is 1. The van der Waals surface area contributed by atoms with Gasteiger partial charge in [-0.05, 0) is 0 Å². The van der Waals surface area contributed by atoms with Crippen molar-refractivity contribution in [2.24, 2.45) is 0 Å². The molecular formula is C7H6N6O. The van der Waals surface area contributed by atoms with Gasteiger partial charge in [0.05, 0.1) is 6.07 Å². The summed E-state index contributed by atoms with van der Waals surface area (Å²) in [6.07, 6.45) is 1.28. The van der Waals surface area contributed by atoms with E-state index < -0.39 is 0 Å². The van der Waals surface area contributed by atoms with Crippen molar-refractivity contribution in [3.63, 3.8) is 0 Å². The standard InChI is InChI=1S/C7H6N6O/c8-1-2-10-7(14)4-13-5-11-6(3-9)12-13/h5H,2,4H2,(H,10,14). The maximum Gasteiger partial charge on any atom is 0.252 e. The highest BCUT2D eigenvalue weighted by atomic mass is 16.2. The highest BCUT2D eigenvalue weighted by molar-refractivity contribution is 5.75. The van der Waals surface area contributed by atoms with Crippen molar-refractivity contribution in [1.82, 2.24) is 20.1 Å². The summed E-state index contributed by atoms with van der Waals surface area (Å²) in [5.74, 6) is -0.334. The van der Waals surface area contributed by atoms with Gasteiger partial charge in [0.25, 0.3) is 5.82 Å². The van der Waals surface area contributed by atoms with Crippen LogP contribution in [0.1, 0.15) is 5.82 Å². The molecule has 1 heterocycles. The number of carbonyl (C=O) groups is 1. The first-order valence-electron chi connectivity index (χ1n) is 3.69. The predicted molar refractivity (Wildman–Crippen MR) is 43.4 cm³/mol. The average Bonchev–Trinajstić information content (AvgIpc) is 2.62. The molecule has 0 saturated heterocycles. The topological polar surface area (TPSA) is 107 Å². The quantitative estimate of drug-likeness (QED) is 0.601. The maximum absolute atomic E-state index is 11.0. The van der Waals surface area contributed by atoms with Gasteiger partial charge in [-0.3, -0.25) is 4.79 Å². The van der Waals surface area contributed by atoms with Crippen molar-refractivity contribution in [3.05, 3.63) is 12.2 Å². The van der Waals surface area contributed by atoms with E-state index in [4.69, 9.17) is 10.5 Å². The van der Waals surface area contributed by atoms with Crippen LogP contribution in [0, 0.1) is 22.7 Å². The van der Waals surface area contributed by atoms with E-state index in [1.165, 1.54) is 11.0 Å². The van der Waals surface area contributed by atoms with Crippen LogP contribution in [0.25, 0.3) is 0 Å². The highest BCUT2D eigenvalue weighted by Crippen LogP contribution is 1.86. The lowest BCUT2D eigenvalue weighted by Crippen LogP contribution is -2.27. The molecule has 14 heavy (non-hydrogen) atoms. The molecule has 1 N–H and O–H groups in total. The second-order valence-corrected chi connectivity index (χ2v) is 2.31. The SMILES string of the molecule is N#CCNC(=O)Cn1cnc(C#N)n1. The Hall–Kier alpha value is -2.41. The molecule has 0 atom stereocenters. The summed E-state index contributed by atoms with van der Waals surface area (Å²) in [6, 6.07) is 3.51. The van der Waals surface area contributed by atoms with E-state index in [2.05, 4.69) is 15.4 Å². The van der Waals surface area contributed by atoms with E-state index in [1.54, 1.807) is 12.1 Å². The van der Waals surface area contributed by atoms with Crippen molar-refractivity contribution in [3.8, 4) is 12.1 Å². The molecule has 0 saturated carbocycles. The van der Waals surface area contributed by atoms with E-state index in [-0.39, 0.29) is 24.8 Å². The summed E-state index contributed by atoms with van der Waals surface area (Å²) < 4.78 is 1.23. The molecule has 0 radical (unpaired) electrons. The van der Waals surface area contributed by atoms with Gasteiger partial charge in [-0.2, -0.15) is 10.5 Å². The summed E-state index contributed by atoms with van der Waals surface area (Å²) in [6.45, 7) is -0.0883. The Kier molecular flexibility index (Phi) is 3.16. The van der Waals surface area contributed by atoms with Crippen molar-refractivity contribution >= 4 is 5.91 Å². The third-order valence-corrected chi connectivity index (χ3v) is 1.31. The van der Waals surface area contributed by atoms with Gasteiger partial charge in [-0.15, -0.1) is 5.10 Å². The van der Waals surface area contributed by atoms with Crippen molar-refractivity contribution in [2.75, 3.05) is 6.54 Å². The molecule has 0 fully saturated rings. The number of nitrogens with one attached hydrogen (secondary N) is 1. The fraction of sp³-hybridized carbons (Fsp3) is 0.286. The van der Waals surface area contributed by atoms with Crippen LogP contribution in [0.3, 0.4) is 0 Å². The van der Waals surface area contributed by atoms with Gasteiger partial charge in [-0.1, -0.05) is 0 Å². The lowest BCUT2D eigenvalue weighted by Gasteiger charge is -1.98. The summed E-state index contributed by atoms with van der Waals surface area (Å²) in [7, 11) is 0. The second-order valence-electron chi connectivity index (χ2n) is 2.31. The van der Waals surface area contributed by atoms with Gasteiger partial charge in [0.1, 0.15) is 25.5 Å². The highest BCUT2D eigenvalue weighted by Gasteiger charge is 2.04. The van der Waals surface area contributed by atoms with Gasteiger partial charge in [0.15, 0.2) is 0 Å². The first-order valence-corrected chi connectivity index (χ1v) is 3.69. The Morgan fingerprint density at radius 3 is 3.00 bits per heavy atom. The van der Waals surface area contributed by atoms with Crippen LogP contribution in [-0.2, 0) is 11.3 Å². The van der Waals surface area contributed by atoms with Crippen molar-refractivity contribution < 1.29 is 4.79 Å². The normalized spacial score (nSPS) is 8.71. The van der Waals surface area contributed by atoms with Crippen LogP contribution in [0.2, 0.25) is 0 Å². The molecule has 1 aromatic heterocycles. The summed E-state index contributed by atoms with van der Waals surface area (Å²) in [4.78, 5) is 14.6. The number of nitrogens with zero attached hydrogens (tertiary/aromatic N) is 5. The largest absolute Gasteiger partial charge is 0.341 e. The Labute approximate surface area is 79.6 Å². The number of carbonyl (C=O) groups excluding carboxylic acids is 1. The zero-order valence-electron chi connectivity index (χ0n) is 7.14. The van der Waals surface area contributed by atoms with E-state index in [1.807, 2.05) is 0 Å². The molecule has 1 rings (SSSR count). The smallest absolute Gasteiger partial charge is 0.252 e. The Morgan fingerprint density at radius 2 is 2.43 bits per heavy atom. The van der Waals surface area contributed by atoms with Gasteiger partial charge in [0.2, 0.25) is 5.91 Å². The zero-order chi connectivity index (χ0) is 10.4. The Balaban J connectivity index is 2.49. The van der Waals surface area contributed by atoms with Gasteiger partial charge >= 0.3 is 0 Å². The molecule has 0 aliphatic rings. The minimum Gasteiger partial charge on any atom is -0.341 e. The lowest BCUT2D eigenvalue weighted by atomic mass is 10.5. The molecule has 7 nitrogen and oxygen atoms in total. The monoisotopic (exact) mass is 190 g/mol. The van der Waals surface area contributed by atoms with Crippen LogP contribution in [0.4, 0.5) is 0 Å². The van der Waals surface area contributed by atoms with E-state index in [0.717, 1.165) is 0 Å². The molecule has 0 aliphatic heterocycles. The molecule has 70 valence electrons. The number of hydrogen-bond acceptors (Lipinski definition) is 5. The van der Waals surface area contributed by atoms with Crippen molar-refractivity contribution in [2.45, 2.75) is 6.54 Å². The van der Waals surface area contributed by atoms with Gasteiger partial charge in [-0.25, -0.2) is 9.67 Å². The van der Waals surface area contributed by atoms with Gasteiger partial charge < -0.3 is 5.32 Å². The van der Waals surface area contributed by atoms with Crippen LogP contribution in [-0.4, -0.2) is 27.2 Å². The van der Waals surface area contributed by atoms with Crippen LogP contribution < -0.4 is 5.32 Å². The molecule has 0 unspecified atom stereocenters. The van der Waals surface area contributed by atoms with E-state index >= 15 is 0 Å². The summed E-state index contributed by atoms with van der Waals surface area (Å²) >= 11 is 0. The van der Waals surface area contributed by atoms with Crippen LogP contribution in [0.15, 0.2) is 6.33 Å². The van der Waals surface area contributed by atoms with Gasteiger partial charge in [0, 0.05) is 0 Å². The molecule has 1 amide bonds. The van der Waals surface area contributed by atoms with E-state index in [0.29, 0.717) is 0 Å². The molecule has 0 aromatic carbocycles. The molecule has 0 aliphatic carbocycles. The summed E-state index contributed by atoms with van der Waals surface area (Å²) in [5, 5.41) is 22.6. The zero-order valence-corrected chi connectivity index (χ0v) is 7.14. The fourth-order valence-corrected chi connectivity index (χ4v) is 0.763. The predicted octanol–water partition coefficient (Wildman–Crippen LogP) is -1.21. The lowest BCUT2D eigenvalue weighted by molar-refractivity contribution is -0.121. The van der Waals surface area contributed by atoms with E-state index in [9.17, 15) is 4.79 Å². The molecular weight excluding hydrogens is 184 g/mol. The molecule has 7 heteroatoms. The average molecular weight is 190 g/mol. The minimum absolute atomic E-state index is 0.0121. The minimum atomic E-state index is -0.346. The summed E-state index contributed by atoms with van der Waals surface area (Å²) in [5.41, 5.74) is 0. The fourth-order valence-electron chi connectivity index (χ4n) is 0.763. The maximum atomic E-state index is 11.0. The molecule has 0 spiro atoms. The first kappa shape index (κ1) is 9.68. The third kappa shape index (κ3) is 2.57. The third-order valence-electron chi connectivity index (χ3n) is 1.31. The Morgan fingerprint density at radius 1 is 1.64 bits per heavy atom. The number of aromatic nitrogens is 3. The number of amides is 1. The van der Waals surface area contributed by atoms with Crippen LogP contribution >= 0.6 is 0 Å². The number of nitriles is 2. The Bertz CT molecular complexity index is 409. The number of rotatable bonds is 3. The second kappa shape index (κ2) is 4.58. The first-order chi connectivity index (χ1) is 6.76.